The zero-order valence-electron chi connectivity index (χ0n) is 24.7. The van der Waals surface area contributed by atoms with Crippen molar-refractivity contribution in [3.8, 4) is 0 Å². The van der Waals surface area contributed by atoms with Crippen molar-refractivity contribution in [2.75, 3.05) is 0 Å². The minimum Gasteiger partial charge on any atom is -0.550 e. The second-order valence-electron chi connectivity index (χ2n) is 13.7. The number of hydrogen-bond acceptors (Lipinski definition) is 5. The lowest BCUT2D eigenvalue weighted by Crippen LogP contribution is -2.50. The van der Waals surface area contributed by atoms with Crippen molar-refractivity contribution in [3.05, 3.63) is 23.8 Å². The first-order valence-electron chi connectivity index (χ1n) is 15.3. The maximum Gasteiger partial charge on any atom is 0.0577 e. The number of hydrogen-bond donors (Lipinski definition) is 1. The van der Waals surface area contributed by atoms with Crippen molar-refractivity contribution in [3.63, 3.8) is 0 Å². The molecule has 4 aliphatic rings. The minimum absolute atomic E-state index is 0.0870. The van der Waals surface area contributed by atoms with Crippen molar-refractivity contribution in [2.24, 2.45) is 52.3 Å². The van der Waals surface area contributed by atoms with Gasteiger partial charge in [0.2, 0.25) is 0 Å². The van der Waals surface area contributed by atoms with Gasteiger partial charge in [0.05, 0.1) is 6.10 Å². The molecule has 4 rings (SSSR count). The van der Waals surface area contributed by atoms with Crippen LogP contribution >= 0.6 is 0 Å². The molecule has 0 radical (unpaired) electrons. The standard InChI is InChI=1S/C29H48O.C4H6O4/c1-7-21(19(2)3)9-8-20(4)25-12-13-26-24-11-10-22-18-23(30)14-16-28(22,5)27(24)15-17-29(25,26)6;5-3(6)1-2-4(7)8/h8-10,19-21,23-27,30H,7,11-18H2,1-6H3;1-2H2,(H,5,6)(H,7,8)/p-2/b9-8+;/t20-,21-,23+,24+,25-,26+,27+,28+,29-;/m1./s1. The maximum absolute atomic E-state index is 10.2. The van der Waals surface area contributed by atoms with Crippen LogP contribution in [0.2, 0.25) is 0 Å². The summed E-state index contributed by atoms with van der Waals surface area (Å²) in [6.07, 6.45) is 18.1. The van der Waals surface area contributed by atoms with E-state index in [1.54, 1.807) is 5.57 Å². The minimum atomic E-state index is -1.37. The largest absolute Gasteiger partial charge is 0.550 e. The van der Waals surface area contributed by atoms with Crippen LogP contribution in [0, 0.1) is 52.3 Å². The number of carboxylic acid groups (broad SMARTS) is 2. The molecular formula is C33H52O5-2. The Kier molecular flexibility index (Phi) is 10.3. The van der Waals surface area contributed by atoms with Gasteiger partial charge in [0.25, 0.3) is 0 Å². The van der Waals surface area contributed by atoms with Gasteiger partial charge in [-0.3, -0.25) is 0 Å². The van der Waals surface area contributed by atoms with Gasteiger partial charge in [-0.05, 0) is 123 Å². The van der Waals surface area contributed by atoms with E-state index in [4.69, 9.17) is 0 Å². The summed E-state index contributed by atoms with van der Waals surface area (Å²) in [5, 5.41) is 29.2. The average Bonchev–Trinajstić information content (AvgIpc) is 3.21. The molecule has 0 aromatic carbocycles. The molecular weight excluding hydrogens is 476 g/mol. The molecule has 0 heterocycles. The molecule has 0 aliphatic heterocycles. The molecule has 5 heteroatoms. The number of rotatable bonds is 8. The van der Waals surface area contributed by atoms with Gasteiger partial charge in [0.15, 0.2) is 0 Å². The highest BCUT2D eigenvalue weighted by atomic mass is 16.4. The summed E-state index contributed by atoms with van der Waals surface area (Å²) in [7, 11) is 0. The molecule has 38 heavy (non-hydrogen) atoms. The highest BCUT2D eigenvalue weighted by Crippen LogP contribution is 2.67. The van der Waals surface area contributed by atoms with Crippen molar-refractivity contribution < 1.29 is 24.9 Å². The summed E-state index contributed by atoms with van der Waals surface area (Å²) in [5.74, 6) is 2.96. The van der Waals surface area contributed by atoms with Gasteiger partial charge < -0.3 is 24.9 Å². The molecule has 0 unspecified atom stereocenters. The molecule has 1 N–H and O–H groups in total. The van der Waals surface area contributed by atoms with Crippen molar-refractivity contribution in [2.45, 2.75) is 118 Å². The van der Waals surface area contributed by atoms with E-state index in [2.05, 4.69) is 59.8 Å². The Balaban J connectivity index is 0.000000436. The van der Waals surface area contributed by atoms with Crippen LogP contribution in [0.4, 0.5) is 0 Å². The summed E-state index contributed by atoms with van der Waals surface area (Å²) < 4.78 is 0. The van der Waals surface area contributed by atoms with E-state index >= 15 is 0 Å². The number of aliphatic carboxylic acids is 2. The highest BCUT2D eigenvalue weighted by Gasteiger charge is 2.58. The van der Waals surface area contributed by atoms with Gasteiger partial charge in [-0.25, -0.2) is 0 Å². The quantitative estimate of drug-likeness (QED) is 0.444. The third-order valence-corrected chi connectivity index (χ3v) is 11.3. The fraction of sp³-hybridized carbons (Fsp3) is 0.818. The average molecular weight is 529 g/mol. The number of aliphatic hydroxyl groups is 1. The van der Waals surface area contributed by atoms with E-state index in [1.165, 1.54) is 44.9 Å². The first kappa shape index (κ1) is 30.9. The molecule has 9 atom stereocenters. The van der Waals surface area contributed by atoms with Crippen LogP contribution in [0.15, 0.2) is 23.8 Å². The van der Waals surface area contributed by atoms with Crippen molar-refractivity contribution in [1.29, 1.82) is 0 Å². The van der Waals surface area contributed by atoms with E-state index in [0.717, 1.165) is 48.3 Å². The monoisotopic (exact) mass is 528 g/mol. The lowest BCUT2D eigenvalue weighted by Gasteiger charge is -2.58. The third kappa shape index (κ3) is 6.57. The van der Waals surface area contributed by atoms with Crippen molar-refractivity contribution in [1.82, 2.24) is 0 Å². The zero-order valence-corrected chi connectivity index (χ0v) is 24.7. The topological polar surface area (TPSA) is 100 Å². The van der Waals surface area contributed by atoms with Crippen LogP contribution in [-0.4, -0.2) is 23.1 Å². The molecule has 0 saturated heterocycles. The van der Waals surface area contributed by atoms with Crippen LogP contribution in [-0.2, 0) is 9.59 Å². The first-order chi connectivity index (χ1) is 17.8. The molecule has 0 aromatic rings. The fourth-order valence-corrected chi connectivity index (χ4v) is 9.03. The van der Waals surface area contributed by atoms with E-state index in [0.29, 0.717) is 16.7 Å². The van der Waals surface area contributed by atoms with E-state index in [1.807, 2.05) is 0 Å². The van der Waals surface area contributed by atoms with Gasteiger partial charge in [-0.1, -0.05) is 65.3 Å². The maximum atomic E-state index is 10.2. The Morgan fingerprint density at radius 2 is 1.66 bits per heavy atom. The lowest BCUT2D eigenvalue weighted by atomic mass is 9.47. The smallest absolute Gasteiger partial charge is 0.0577 e. The van der Waals surface area contributed by atoms with Crippen LogP contribution in [0.5, 0.6) is 0 Å². The van der Waals surface area contributed by atoms with Gasteiger partial charge in [-0.2, -0.15) is 0 Å². The van der Waals surface area contributed by atoms with Crippen LogP contribution in [0.25, 0.3) is 0 Å². The summed E-state index contributed by atoms with van der Waals surface area (Å²) >= 11 is 0. The van der Waals surface area contributed by atoms with E-state index in [-0.39, 0.29) is 6.10 Å². The number of fused-ring (bicyclic) bond motifs is 5. The zero-order chi connectivity index (χ0) is 28.3. The second kappa shape index (κ2) is 12.7. The van der Waals surface area contributed by atoms with Crippen LogP contribution in [0.1, 0.15) is 112 Å². The Hall–Kier alpha value is -1.62. The number of carboxylic acids is 2. The second-order valence-corrected chi connectivity index (χ2v) is 13.7. The Bertz CT molecular complexity index is 876. The molecule has 0 aromatic heterocycles. The van der Waals surface area contributed by atoms with E-state index in [9.17, 15) is 24.9 Å². The van der Waals surface area contributed by atoms with Crippen molar-refractivity contribution >= 4 is 11.9 Å². The normalized spacial score (nSPS) is 37.8. The fourth-order valence-electron chi connectivity index (χ4n) is 9.03. The summed E-state index contributed by atoms with van der Waals surface area (Å²) in [4.78, 5) is 19.0. The third-order valence-electron chi connectivity index (χ3n) is 11.3. The molecule has 3 fully saturated rings. The summed E-state index contributed by atoms with van der Waals surface area (Å²) in [6, 6.07) is 0. The molecule has 4 aliphatic carbocycles. The Morgan fingerprint density at radius 3 is 2.24 bits per heavy atom. The van der Waals surface area contributed by atoms with Gasteiger partial charge >= 0.3 is 0 Å². The molecule has 216 valence electrons. The van der Waals surface area contributed by atoms with Gasteiger partial charge in [0.1, 0.15) is 0 Å². The summed E-state index contributed by atoms with van der Waals surface area (Å²) in [6.45, 7) is 14.8. The number of carbonyl (C=O) groups is 2. The number of carbonyl (C=O) groups excluding carboxylic acids is 2. The molecule has 5 nitrogen and oxygen atoms in total. The van der Waals surface area contributed by atoms with E-state index < -0.39 is 24.8 Å². The predicted octanol–water partition coefficient (Wildman–Crippen LogP) is 5.07. The number of allylic oxidation sites excluding steroid dienone is 3. The molecule has 0 bridgehead atoms. The SMILES string of the molecule is CC[C@H](/C=C/[C@@H](C)[C@H]1CC[C@H]2[C@@H]3CC=C4C[C@@H](O)CC[C@]4(C)[C@H]3CC[C@]12C)C(C)C.O=C([O-])CCC(=O)[O-]. The highest BCUT2D eigenvalue weighted by molar-refractivity contribution is 5.72. The van der Waals surface area contributed by atoms with Crippen LogP contribution < -0.4 is 10.2 Å². The molecule has 3 saturated carbocycles. The van der Waals surface area contributed by atoms with Gasteiger partial charge in [0, 0.05) is 11.9 Å². The first-order valence-corrected chi connectivity index (χ1v) is 15.3. The van der Waals surface area contributed by atoms with Gasteiger partial charge in [-0.15, -0.1) is 0 Å². The van der Waals surface area contributed by atoms with Crippen LogP contribution in [0.3, 0.4) is 0 Å². The lowest BCUT2D eigenvalue weighted by molar-refractivity contribution is -0.315. The predicted molar refractivity (Wildman–Crippen MR) is 147 cm³/mol. The Labute approximate surface area is 231 Å². The summed E-state index contributed by atoms with van der Waals surface area (Å²) in [5.41, 5.74) is 2.51. The Morgan fingerprint density at radius 1 is 1.00 bits per heavy atom. The molecule has 0 amide bonds. The molecule has 0 spiro atoms. The number of aliphatic hydroxyl groups excluding tert-OH is 1.